The number of hydrogen-bond donors (Lipinski definition) is 1. The average Bonchev–Trinajstić information content (AvgIpc) is 2.34. The fourth-order valence-electron chi connectivity index (χ4n) is 1.67. The lowest BCUT2D eigenvalue weighted by Gasteiger charge is -2.06. The van der Waals surface area contributed by atoms with E-state index in [9.17, 15) is 14.0 Å². The van der Waals surface area contributed by atoms with E-state index in [1.807, 2.05) is 0 Å². The molecule has 0 saturated carbocycles. The summed E-state index contributed by atoms with van der Waals surface area (Å²) in [7, 11) is 0. The molecule has 19 heavy (non-hydrogen) atoms. The summed E-state index contributed by atoms with van der Waals surface area (Å²) >= 11 is 0. The Morgan fingerprint density at radius 1 is 1.42 bits per heavy atom. The first kappa shape index (κ1) is 12.9. The zero-order valence-electron chi connectivity index (χ0n) is 10.1. The summed E-state index contributed by atoms with van der Waals surface area (Å²) in [6.07, 6.45) is 1.38. The highest BCUT2D eigenvalue weighted by atomic mass is 19.1. The minimum absolute atomic E-state index is 0.146. The van der Waals surface area contributed by atoms with Crippen LogP contribution >= 0.6 is 0 Å². The van der Waals surface area contributed by atoms with E-state index in [0.717, 1.165) is 6.07 Å². The number of aryl methyl sites for hydroxylation is 1. The molecule has 0 fully saturated rings. The monoisotopic (exact) mass is 262 g/mol. The van der Waals surface area contributed by atoms with E-state index in [0.29, 0.717) is 11.3 Å². The number of carboxylic acid groups (broad SMARTS) is 1. The number of rotatable bonds is 3. The number of aromatic nitrogens is 2. The molecular weight excluding hydrogens is 251 g/mol. The molecule has 1 aromatic carbocycles. The Morgan fingerprint density at radius 2 is 2.16 bits per heavy atom. The first-order chi connectivity index (χ1) is 8.97. The fourth-order valence-corrected chi connectivity index (χ4v) is 1.67. The first-order valence-corrected chi connectivity index (χ1v) is 5.52. The molecule has 2 aromatic rings. The maximum absolute atomic E-state index is 13.2. The summed E-state index contributed by atoms with van der Waals surface area (Å²) in [5, 5.41) is 8.83. The molecule has 0 aliphatic rings. The van der Waals surface area contributed by atoms with Gasteiger partial charge in [0.2, 0.25) is 0 Å². The zero-order chi connectivity index (χ0) is 14.0. The van der Waals surface area contributed by atoms with Gasteiger partial charge in [-0.25, -0.2) is 14.2 Å². The van der Waals surface area contributed by atoms with Crippen molar-refractivity contribution in [2.45, 2.75) is 13.5 Å². The van der Waals surface area contributed by atoms with Crippen molar-refractivity contribution in [3.63, 3.8) is 0 Å². The van der Waals surface area contributed by atoms with Gasteiger partial charge in [0.05, 0.1) is 18.4 Å². The van der Waals surface area contributed by atoms with Gasteiger partial charge in [-0.3, -0.25) is 9.36 Å². The standard InChI is InChI=1S/C13H11FN2O3/c1-8-4-12(17)16(7-15-8)6-9-2-3-11(14)10(5-9)13(18)19/h2-5,7H,6H2,1H3,(H,18,19). The predicted octanol–water partition coefficient (Wildman–Crippen LogP) is 1.44. The fraction of sp³-hybridized carbons (Fsp3) is 0.154. The number of aromatic carboxylic acids is 1. The lowest BCUT2D eigenvalue weighted by molar-refractivity contribution is 0.0691. The highest BCUT2D eigenvalue weighted by molar-refractivity contribution is 5.88. The Labute approximate surface area is 108 Å². The van der Waals surface area contributed by atoms with Gasteiger partial charge in [-0.2, -0.15) is 0 Å². The van der Waals surface area contributed by atoms with Crippen LogP contribution in [-0.4, -0.2) is 20.6 Å². The van der Waals surface area contributed by atoms with Gasteiger partial charge >= 0.3 is 5.97 Å². The third kappa shape index (κ3) is 2.85. The van der Waals surface area contributed by atoms with Gasteiger partial charge in [0.1, 0.15) is 5.82 Å². The average molecular weight is 262 g/mol. The van der Waals surface area contributed by atoms with Crippen LogP contribution in [0.15, 0.2) is 35.4 Å². The molecule has 0 atom stereocenters. The van der Waals surface area contributed by atoms with Gasteiger partial charge in [0.25, 0.3) is 5.56 Å². The van der Waals surface area contributed by atoms with Crippen LogP contribution in [0.4, 0.5) is 4.39 Å². The van der Waals surface area contributed by atoms with Crippen molar-refractivity contribution in [1.82, 2.24) is 9.55 Å². The second kappa shape index (κ2) is 5.01. The van der Waals surface area contributed by atoms with Crippen molar-refractivity contribution in [3.05, 3.63) is 63.6 Å². The van der Waals surface area contributed by atoms with Crippen LogP contribution in [0.2, 0.25) is 0 Å². The normalized spacial score (nSPS) is 10.4. The largest absolute Gasteiger partial charge is 0.478 e. The van der Waals surface area contributed by atoms with E-state index in [1.54, 1.807) is 6.92 Å². The third-order valence-corrected chi connectivity index (χ3v) is 2.63. The molecular formula is C13H11FN2O3. The molecule has 0 aliphatic heterocycles. The SMILES string of the molecule is Cc1cc(=O)n(Cc2ccc(F)c(C(=O)O)c2)cn1. The zero-order valence-corrected chi connectivity index (χ0v) is 10.1. The minimum Gasteiger partial charge on any atom is -0.478 e. The Hall–Kier alpha value is -2.50. The van der Waals surface area contributed by atoms with Gasteiger partial charge in [0, 0.05) is 11.8 Å². The van der Waals surface area contributed by atoms with E-state index in [-0.39, 0.29) is 12.1 Å². The Bertz CT molecular complexity index is 695. The van der Waals surface area contributed by atoms with Crippen molar-refractivity contribution in [2.75, 3.05) is 0 Å². The number of benzene rings is 1. The van der Waals surface area contributed by atoms with Crippen molar-refractivity contribution in [3.8, 4) is 0 Å². The Kier molecular flexibility index (Phi) is 3.41. The first-order valence-electron chi connectivity index (χ1n) is 5.52. The molecule has 0 bridgehead atoms. The molecule has 0 amide bonds. The number of carbonyl (C=O) groups is 1. The van der Waals surface area contributed by atoms with Crippen LogP contribution in [0.25, 0.3) is 0 Å². The topological polar surface area (TPSA) is 72.2 Å². The lowest BCUT2D eigenvalue weighted by atomic mass is 10.1. The maximum Gasteiger partial charge on any atom is 0.338 e. The Morgan fingerprint density at radius 3 is 2.79 bits per heavy atom. The Balaban J connectivity index is 2.36. The van der Waals surface area contributed by atoms with E-state index in [2.05, 4.69) is 4.98 Å². The van der Waals surface area contributed by atoms with Gasteiger partial charge in [-0.15, -0.1) is 0 Å². The van der Waals surface area contributed by atoms with Gasteiger partial charge in [-0.05, 0) is 24.6 Å². The van der Waals surface area contributed by atoms with Crippen LogP contribution in [-0.2, 0) is 6.54 Å². The molecule has 0 saturated heterocycles. The summed E-state index contributed by atoms with van der Waals surface area (Å²) in [5.74, 6) is -2.14. The van der Waals surface area contributed by atoms with E-state index >= 15 is 0 Å². The quantitative estimate of drug-likeness (QED) is 0.908. The molecule has 0 spiro atoms. The summed E-state index contributed by atoms with van der Waals surface area (Å²) in [6.45, 7) is 1.85. The molecule has 1 N–H and O–H groups in total. The van der Waals surface area contributed by atoms with Crippen LogP contribution < -0.4 is 5.56 Å². The van der Waals surface area contributed by atoms with Gasteiger partial charge in [0.15, 0.2) is 0 Å². The van der Waals surface area contributed by atoms with E-state index < -0.39 is 17.3 Å². The lowest BCUT2D eigenvalue weighted by Crippen LogP contribution is -2.20. The van der Waals surface area contributed by atoms with Crippen molar-refractivity contribution >= 4 is 5.97 Å². The summed E-state index contributed by atoms with van der Waals surface area (Å²) < 4.78 is 14.6. The van der Waals surface area contributed by atoms with Crippen LogP contribution in [0.5, 0.6) is 0 Å². The number of halogens is 1. The minimum atomic E-state index is -1.34. The highest BCUT2D eigenvalue weighted by Crippen LogP contribution is 2.11. The molecule has 5 nitrogen and oxygen atoms in total. The molecule has 2 rings (SSSR count). The second-order valence-corrected chi connectivity index (χ2v) is 4.12. The van der Waals surface area contributed by atoms with Gasteiger partial charge in [-0.1, -0.05) is 6.07 Å². The van der Waals surface area contributed by atoms with Crippen molar-refractivity contribution in [2.24, 2.45) is 0 Å². The van der Waals surface area contributed by atoms with E-state index in [4.69, 9.17) is 5.11 Å². The summed E-state index contributed by atoms with van der Waals surface area (Å²) in [4.78, 5) is 26.5. The van der Waals surface area contributed by atoms with Crippen molar-refractivity contribution in [1.29, 1.82) is 0 Å². The molecule has 1 heterocycles. The summed E-state index contributed by atoms with van der Waals surface area (Å²) in [5.41, 5.74) is 0.470. The van der Waals surface area contributed by atoms with Crippen LogP contribution in [0.3, 0.4) is 0 Å². The molecule has 98 valence electrons. The molecule has 6 heteroatoms. The van der Waals surface area contributed by atoms with E-state index in [1.165, 1.54) is 29.1 Å². The third-order valence-electron chi connectivity index (χ3n) is 2.63. The number of nitrogens with zero attached hydrogens (tertiary/aromatic N) is 2. The van der Waals surface area contributed by atoms with Gasteiger partial charge < -0.3 is 5.11 Å². The van der Waals surface area contributed by atoms with Crippen molar-refractivity contribution < 1.29 is 14.3 Å². The predicted molar refractivity (Wildman–Crippen MR) is 65.7 cm³/mol. The maximum atomic E-state index is 13.2. The molecule has 0 radical (unpaired) electrons. The highest BCUT2D eigenvalue weighted by Gasteiger charge is 2.11. The molecule has 1 aromatic heterocycles. The van der Waals surface area contributed by atoms with Crippen LogP contribution in [0.1, 0.15) is 21.6 Å². The number of hydrogen-bond acceptors (Lipinski definition) is 3. The smallest absolute Gasteiger partial charge is 0.338 e. The summed E-state index contributed by atoms with van der Waals surface area (Å²) in [6, 6.07) is 5.10. The molecule has 0 aliphatic carbocycles. The second-order valence-electron chi connectivity index (χ2n) is 4.12. The number of carboxylic acids is 1. The molecule has 0 unspecified atom stereocenters. The van der Waals surface area contributed by atoms with Crippen LogP contribution in [0, 0.1) is 12.7 Å².